The molecule has 28 heavy (non-hydrogen) atoms. The molecule has 140 valence electrons. The maximum absolute atomic E-state index is 12.8. The number of hydrogen-bond donors (Lipinski definition) is 2. The number of aromatic nitrogens is 3. The van der Waals surface area contributed by atoms with Gasteiger partial charge in [-0.15, -0.1) is 6.58 Å². The first-order valence-corrected chi connectivity index (χ1v) is 9.04. The Morgan fingerprint density at radius 2 is 1.79 bits per heavy atom. The molecule has 0 saturated carbocycles. The summed E-state index contributed by atoms with van der Waals surface area (Å²) < 4.78 is 1.80. The molecule has 6 heteroatoms. The Morgan fingerprint density at radius 3 is 2.43 bits per heavy atom. The van der Waals surface area contributed by atoms with Crippen LogP contribution in [0.25, 0.3) is 27.9 Å². The van der Waals surface area contributed by atoms with Crippen LogP contribution in [0.2, 0.25) is 0 Å². The molecule has 2 heterocycles. The highest BCUT2D eigenvalue weighted by Gasteiger charge is 2.24. The van der Waals surface area contributed by atoms with Crippen molar-refractivity contribution in [2.24, 2.45) is 0 Å². The summed E-state index contributed by atoms with van der Waals surface area (Å²) >= 11 is 0. The third kappa shape index (κ3) is 2.89. The molecule has 0 unspecified atom stereocenters. The number of nitrogen functional groups attached to an aromatic ring is 1. The number of para-hydroxylation sites is 2. The lowest BCUT2D eigenvalue weighted by molar-refractivity contribution is 0.0960. The lowest BCUT2D eigenvalue weighted by Crippen LogP contribution is -2.24. The second-order valence-electron chi connectivity index (χ2n) is 6.82. The molecular formula is C22H21N5O. The Morgan fingerprint density at radius 1 is 1.14 bits per heavy atom. The van der Waals surface area contributed by atoms with Crippen LogP contribution in [-0.2, 0) is 0 Å². The fraction of sp³-hybridized carbons (Fsp3) is 0.136. The van der Waals surface area contributed by atoms with Crippen molar-refractivity contribution in [3.8, 4) is 5.69 Å². The minimum Gasteiger partial charge on any atom is -0.384 e. The number of nitrogens with zero attached hydrogens (tertiary/aromatic N) is 3. The minimum atomic E-state index is -0.296. The predicted molar refractivity (Wildman–Crippen MR) is 113 cm³/mol. The second kappa shape index (κ2) is 6.81. The van der Waals surface area contributed by atoms with Crippen molar-refractivity contribution in [3.63, 3.8) is 0 Å². The van der Waals surface area contributed by atoms with Crippen LogP contribution in [0, 0.1) is 13.8 Å². The zero-order chi connectivity index (χ0) is 19.8. The number of carbonyl (C=O) groups excluding carboxylic acids is 1. The first kappa shape index (κ1) is 17.7. The summed E-state index contributed by atoms with van der Waals surface area (Å²) in [4.78, 5) is 22.3. The van der Waals surface area contributed by atoms with Crippen LogP contribution < -0.4 is 11.1 Å². The highest BCUT2D eigenvalue weighted by Crippen LogP contribution is 2.31. The molecule has 2 aromatic heterocycles. The fourth-order valence-corrected chi connectivity index (χ4v) is 3.48. The summed E-state index contributed by atoms with van der Waals surface area (Å²) in [5.41, 5.74) is 12.4. The van der Waals surface area contributed by atoms with E-state index in [1.165, 1.54) is 0 Å². The van der Waals surface area contributed by atoms with E-state index < -0.39 is 0 Å². The molecule has 4 rings (SSSR count). The maximum Gasteiger partial charge on any atom is 0.257 e. The first-order chi connectivity index (χ1) is 13.5. The molecule has 0 saturated heterocycles. The molecule has 3 N–H and O–H groups in total. The van der Waals surface area contributed by atoms with Crippen molar-refractivity contribution in [3.05, 3.63) is 71.8 Å². The number of benzene rings is 2. The molecule has 0 fully saturated rings. The van der Waals surface area contributed by atoms with Gasteiger partial charge in [0.05, 0.1) is 11.0 Å². The van der Waals surface area contributed by atoms with E-state index in [0.717, 1.165) is 22.3 Å². The number of nitrogens with one attached hydrogen (secondary N) is 1. The van der Waals surface area contributed by atoms with Crippen molar-refractivity contribution >= 4 is 33.9 Å². The normalized spacial score (nSPS) is 11.1. The van der Waals surface area contributed by atoms with Gasteiger partial charge >= 0.3 is 0 Å². The number of amides is 1. The molecule has 0 spiro atoms. The second-order valence-corrected chi connectivity index (χ2v) is 6.82. The van der Waals surface area contributed by atoms with Gasteiger partial charge in [0, 0.05) is 12.2 Å². The molecule has 1 amide bonds. The van der Waals surface area contributed by atoms with E-state index in [2.05, 4.69) is 18.0 Å². The van der Waals surface area contributed by atoms with Crippen molar-refractivity contribution in [1.29, 1.82) is 0 Å². The molecule has 4 aromatic rings. The Kier molecular flexibility index (Phi) is 4.31. The summed E-state index contributed by atoms with van der Waals surface area (Å²) in [5, 5.41) is 2.80. The average molecular weight is 371 g/mol. The Labute approximate surface area is 162 Å². The van der Waals surface area contributed by atoms with Crippen molar-refractivity contribution in [2.75, 3.05) is 12.3 Å². The summed E-state index contributed by atoms with van der Waals surface area (Å²) in [6.45, 7) is 8.04. The van der Waals surface area contributed by atoms with Gasteiger partial charge in [-0.1, -0.05) is 24.3 Å². The Balaban J connectivity index is 2.08. The monoisotopic (exact) mass is 371 g/mol. The standard InChI is InChI=1S/C22H21N5O/c1-4-9-24-22(28)18-19-21(26-17-8-6-5-7-16(17)25-19)27(20(18)23)15-11-13(2)10-14(3)12-15/h4-8,10-12H,1,9,23H2,2-3H3,(H,24,28). The van der Waals surface area contributed by atoms with E-state index in [0.29, 0.717) is 34.6 Å². The fourth-order valence-electron chi connectivity index (χ4n) is 3.48. The molecule has 0 radical (unpaired) electrons. The van der Waals surface area contributed by atoms with Crippen LogP contribution in [0.5, 0.6) is 0 Å². The number of aryl methyl sites for hydroxylation is 2. The van der Waals surface area contributed by atoms with E-state index >= 15 is 0 Å². The van der Waals surface area contributed by atoms with Gasteiger partial charge in [-0.3, -0.25) is 9.36 Å². The molecule has 0 aliphatic rings. The predicted octanol–water partition coefficient (Wildman–Crippen LogP) is 3.69. The van der Waals surface area contributed by atoms with Gasteiger partial charge in [0.25, 0.3) is 5.91 Å². The van der Waals surface area contributed by atoms with Gasteiger partial charge in [0.15, 0.2) is 5.65 Å². The zero-order valence-electron chi connectivity index (χ0n) is 15.9. The van der Waals surface area contributed by atoms with E-state index in [4.69, 9.17) is 15.7 Å². The number of carbonyl (C=O) groups is 1. The van der Waals surface area contributed by atoms with Crippen LogP contribution >= 0.6 is 0 Å². The van der Waals surface area contributed by atoms with Crippen molar-refractivity contribution in [2.45, 2.75) is 13.8 Å². The number of nitrogens with two attached hydrogens (primary N) is 1. The van der Waals surface area contributed by atoms with Gasteiger partial charge in [0.1, 0.15) is 16.9 Å². The van der Waals surface area contributed by atoms with Gasteiger partial charge < -0.3 is 11.1 Å². The Hall–Kier alpha value is -3.67. The quantitative estimate of drug-likeness (QED) is 0.536. The van der Waals surface area contributed by atoms with E-state index in [-0.39, 0.29) is 5.91 Å². The lowest BCUT2D eigenvalue weighted by Gasteiger charge is -2.10. The number of anilines is 1. The number of rotatable bonds is 4. The summed E-state index contributed by atoms with van der Waals surface area (Å²) in [5.74, 6) is 0.0203. The topological polar surface area (TPSA) is 85.8 Å². The molecule has 0 bridgehead atoms. The molecule has 2 aromatic carbocycles. The summed E-state index contributed by atoms with van der Waals surface area (Å²) in [7, 11) is 0. The Bertz CT molecular complexity index is 1220. The van der Waals surface area contributed by atoms with Crippen molar-refractivity contribution in [1.82, 2.24) is 19.9 Å². The van der Waals surface area contributed by atoms with Crippen LogP contribution in [-0.4, -0.2) is 27.0 Å². The highest BCUT2D eigenvalue weighted by atomic mass is 16.1. The SMILES string of the molecule is C=CCNC(=O)c1c(N)n(-c2cc(C)cc(C)c2)c2nc3ccccc3nc12. The van der Waals surface area contributed by atoms with Crippen LogP contribution in [0.4, 0.5) is 5.82 Å². The van der Waals surface area contributed by atoms with Gasteiger partial charge in [-0.05, 0) is 49.2 Å². The third-order valence-corrected chi connectivity index (χ3v) is 4.60. The third-order valence-electron chi connectivity index (χ3n) is 4.60. The molecule has 0 aliphatic heterocycles. The van der Waals surface area contributed by atoms with Crippen molar-refractivity contribution < 1.29 is 4.79 Å². The smallest absolute Gasteiger partial charge is 0.257 e. The minimum absolute atomic E-state index is 0.296. The highest BCUT2D eigenvalue weighted by molar-refractivity contribution is 6.11. The first-order valence-electron chi connectivity index (χ1n) is 9.04. The van der Waals surface area contributed by atoms with E-state index in [1.54, 1.807) is 10.6 Å². The largest absolute Gasteiger partial charge is 0.384 e. The molecular weight excluding hydrogens is 350 g/mol. The summed E-state index contributed by atoms with van der Waals surface area (Å²) in [6, 6.07) is 13.7. The number of fused-ring (bicyclic) bond motifs is 2. The molecule has 0 atom stereocenters. The van der Waals surface area contributed by atoms with Crippen LogP contribution in [0.15, 0.2) is 55.1 Å². The molecule has 0 aliphatic carbocycles. The van der Waals surface area contributed by atoms with E-state index in [9.17, 15) is 4.79 Å². The number of hydrogen-bond acceptors (Lipinski definition) is 4. The summed E-state index contributed by atoms with van der Waals surface area (Å²) in [6.07, 6.45) is 1.62. The van der Waals surface area contributed by atoms with E-state index in [1.807, 2.05) is 50.2 Å². The lowest BCUT2D eigenvalue weighted by atomic mass is 10.1. The maximum atomic E-state index is 12.8. The van der Waals surface area contributed by atoms with Gasteiger partial charge in [-0.25, -0.2) is 9.97 Å². The molecule has 6 nitrogen and oxygen atoms in total. The zero-order valence-corrected chi connectivity index (χ0v) is 15.9. The van der Waals surface area contributed by atoms with Crippen LogP contribution in [0.1, 0.15) is 21.5 Å². The average Bonchev–Trinajstić information content (AvgIpc) is 2.94. The van der Waals surface area contributed by atoms with Gasteiger partial charge in [-0.2, -0.15) is 0 Å². The van der Waals surface area contributed by atoms with Crippen LogP contribution in [0.3, 0.4) is 0 Å². The van der Waals surface area contributed by atoms with Gasteiger partial charge in [0.2, 0.25) is 0 Å².